The summed E-state index contributed by atoms with van der Waals surface area (Å²) < 4.78 is 16.2. The number of ether oxygens (including phenoxy) is 3. The minimum atomic E-state index is -0.809. The molecule has 0 aromatic heterocycles. The van der Waals surface area contributed by atoms with E-state index in [1.54, 1.807) is 0 Å². The minimum Gasteiger partial charge on any atom is -0.493 e. The molecule has 2 amide bonds. The predicted octanol–water partition coefficient (Wildman–Crippen LogP) is 5.21. The van der Waals surface area contributed by atoms with Crippen LogP contribution in [0.5, 0.6) is 17.2 Å². The van der Waals surface area contributed by atoms with E-state index in [1.807, 2.05) is 47.4 Å². The second-order valence-electron chi connectivity index (χ2n) is 12.1. The number of hydrogen-bond donors (Lipinski definition) is 0. The molecule has 4 aromatic rings. The molecule has 0 spiro atoms. The Morgan fingerprint density at radius 1 is 0.667 bits per heavy atom. The van der Waals surface area contributed by atoms with Gasteiger partial charge in [0.25, 0.3) is 11.7 Å². The van der Waals surface area contributed by atoms with Gasteiger partial charge in [0.1, 0.15) is 6.04 Å². The monoisotopic (exact) mass is 647 g/mol. The van der Waals surface area contributed by atoms with Crippen LogP contribution in [0.25, 0.3) is 0 Å². The maximum absolute atomic E-state index is 14.5. The summed E-state index contributed by atoms with van der Waals surface area (Å²) in [4.78, 5) is 48.0. The first-order chi connectivity index (χ1) is 23.4. The Morgan fingerprint density at radius 3 is 1.69 bits per heavy atom. The molecule has 0 saturated carbocycles. The Labute approximate surface area is 281 Å². The molecule has 9 nitrogen and oxygen atoms in total. The van der Waals surface area contributed by atoms with Crippen molar-refractivity contribution in [2.45, 2.75) is 24.4 Å². The van der Waals surface area contributed by atoms with E-state index in [-0.39, 0.29) is 41.5 Å². The molecular weight excluding hydrogens is 606 g/mol. The number of hydrogen-bond acceptors (Lipinski definition) is 7. The number of methoxy groups -OCH3 is 3. The number of Topliss-reactive ketones (excluding diaryl/α,β-unsaturated/α-hetero) is 1. The lowest BCUT2D eigenvalue weighted by molar-refractivity contribution is -0.143. The van der Waals surface area contributed by atoms with Gasteiger partial charge in [0.2, 0.25) is 11.7 Å². The fourth-order valence-corrected chi connectivity index (χ4v) is 7.11. The second-order valence-corrected chi connectivity index (χ2v) is 12.1. The Hall–Kier alpha value is -5.15. The number of piperazine rings is 1. The number of rotatable bonds is 10. The van der Waals surface area contributed by atoms with Crippen LogP contribution in [0.15, 0.2) is 103 Å². The van der Waals surface area contributed by atoms with Crippen molar-refractivity contribution in [2.24, 2.45) is 0 Å². The maximum atomic E-state index is 14.5. The van der Waals surface area contributed by atoms with Gasteiger partial charge < -0.3 is 24.0 Å². The molecule has 2 aliphatic heterocycles. The fraction of sp³-hybridized carbons (Fsp3) is 0.308. The van der Waals surface area contributed by atoms with Crippen LogP contribution in [-0.2, 0) is 9.59 Å². The lowest BCUT2D eigenvalue weighted by Gasteiger charge is -2.41. The average Bonchev–Trinajstić information content (AvgIpc) is 3.60. The van der Waals surface area contributed by atoms with E-state index in [9.17, 15) is 14.4 Å². The molecule has 9 heteroatoms. The fourth-order valence-electron chi connectivity index (χ4n) is 7.11. The normalized spacial score (nSPS) is 18.1. The summed E-state index contributed by atoms with van der Waals surface area (Å²) >= 11 is 0. The van der Waals surface area contributed by atoms with Gasteiger partial charge in [0, 0.05) is 44.2 Å². The highest BCUT2D eigenvalue weighted by atomic mass is 16.5. The molecule has 0 radical (unpaired) electrons. The van der Waals surface area contributed by atoms with Crippen molar-refractivity contribution in [3.63, 3.8) is 0 Å². The maximum Gasteiger partial charge on any atom is 0.295 e. The molecule has 6 rings (SSSR count). The molecule has 2 heterocycles. The summed E-state index contributed by atoms with van der Waals surface area (Å²) in [6, 6.07) is 32.8. The number of benzene rings is 4. The summed E-state index contributed by atoms with van der Waals surface area (Å²) in [7, 11) is 4.38. The zero-order valence-corrected chi connectivity index (χ0v) is 27.6. The molecule has 0 aliphatic carbocycles. The summed E-state index contributed by atoms with van der Waals surface area (Å²) in [6.07, 6.45) is 0.568. The quantitative estimate of drug-likeness (QED) is 0.173. The van der Waals surface area contributed by atoms with Crippen LogP contribution in [0.4, 0.5) is 0 Å². The number of nitrogens with zero attached hydrogens (tertiary/aromatic N) is 3. The molecule has 2 fully saturated rings. The summed E-state index contributed by atoms with van der Waals surface area (Å²) in [5.41, 5.74) is 3.47. The van der Waals surface area contributed by atoms with E-state index in [0.29, 0.717) is 38.3 Å². The van der Waals surface area contributed by atoms with Crippen LogP contribution >= 0.6 is 0 Å². The van der Waals surface area contributed by atoms with Crippen molar-refractivity contribution in [1.29, 1.82) is 0 Å². The van der Waals surface area contributed by atoms with E-state index in [0.717, 1.165) is 5.56 Å². The molecule has 2 saturated heterocycles. The zero-order chi connectivity index (χ0) is 33.6. The number of ketones is 1. The summed E-state index contributed by atoms with van der Waals surface area (Å²) in [5, 5.41) is 0. The van der Waals surface area contributed by atoms with Gasteiger partial charge in [-0.25, -0.2) is 0 Å². The molecular formula is C39H41N3O6. The van der Waals surface area contributed by atoms with Crippen LogP contribution in [0, 0.1) is 0 Å². The molecule has 48 heavy (non-hydrogen) atoms. The molecule has 248 valence electrons. The van der Waals surface area contributed by atoms with Gasteiger partial charge in [-0.1, -0.05) is 91.0 Å². The van der Waals surface area contributed by atoms with Gasteiger partial charge >= 0.3 is 0 Å². The number of carbonyl (C=O) groups is 3. The highest BCUT2D eigenvalue weighted by Crippen LogP contribution is 2.40. The van der Waals surface area contributed by atoms with E-state index < -0.39 is 17.7 Å². The van der Waals surface area contributed by atoms with Gasteiger partial charge in [-0.3, -0.25) is 19.3 Å². The van der Waals surface area contributed by atoms with Crippen LogP contribution < -0.4 is 14.2 Å². The summed E-state index contributed by atoms with van der Waals surface area (Å²) in [5.74, 6) is -0.981. The topological polar surface area (TPSA) is 88.6 Å². The lowest BCUT2D eigenvalue weighted by Crippen LogP contribution is -2.56. The third-order valence-corrected chi connectivity index (χ3v) is 9.48. The van der Waals surface area contributed by atoms with Crippen molar-refractivity contribution in [1.82, 2.24) is 14.7 Å². The van der Waals surface area contributed by atoms with Crippen molar-refractivity contribution in [2.75, 3.05) is 54.1 Å². The Bertz CT molecular complexity index is 1660. The average molecular weight is 648 g/mol. The van der Waals surface area contributed by atoms with Gasteiger partial charge in [0.05, 0.1) is 27.4 Å². The SMILES string of the molecule is COc1cc(C(=O)C(=O)N2CC[C@H](c3ccccc3)C2C(=O)N2CCN(C(c3ccccc3)c3ccccc3)CC2)cc(OC)c1OC. The molecule has 2 atom stereocenters. The van der Waals surface area contributed by atoms with Crippen molar-refractivity contribution in [3.05, 3.63) is 125 Å². The molecule has 0 bridgehead atoms. The third kappa shape index (κ3) is 6.51. The Morgan fingerprint density at radius 2 is 1.19 bits per heavy atom. The van der Waals surface area contributed by atoms with Gasteiger partial charge in [-0.15, -0.1) is 0 Å². The largest absolute Gasteiger partial charge is 0.493 e. The molecule has 1 unspecified atom stereocenters. The lowest BCUT2D eigenvalue weighted by atomic mass is 9.90. The first-order valence-electron chi connectivity index (χ1n) is 16.3. The summed E-state index contributed by atoms with van der Waals surface area (Å²) in [6.45, 7) is 2.64. The van der Waals surface area contributed by atoms with E-state index >= 15 is 0 Å². The Balaban J connectivity index is 1.25. The molecule has 4 aromatic carbocycles. The van der Waals surface area contributed by atoms with Crippen molar-refractivity contribution in [3.8, 4) is 17.2 Å². The van der Waals surface area contributed by atoms with Gasteiger partial charge in [-0.2, -0.15) is 0 Å². The Kier molecular flexibility index (Phi) is 10.1. The first-order valence-corrected chi connectivity index (χ1v) is 16.3. The van der Waals surface area contributed by atoms with E-state index in [1.165, 1.54) is 49.5 Å². The standard InChI is InChI=1S/C39H41N3O6/c1-46-32-25-30(26-33(47-2)37(32)48-3)36(43)39(45)42-20-19-31(27-13-7-4-8-14-27)35(42)38(44)41-23-21-40(22-24-41)34(28-15-9-5-10-16-28)29-17-11-6-12-18-29/h4-18,25-26,31,34-35H,19-24H2,1-3H3/t31-,35?/m1/s1. The number of likely N-dealkylation sites (tertiary alicyclic amines) is 1. The van der Waals surface area contributed by atoms with E-state index in [2.05, 4.69) is 53.4 Å². The van der Waals surface area contributed by atoms with Gasteiger partial charge in [-0.05, 0) is 35.2 Å². The van der Waals surface area contributed by atoms with Crippen LogP contribution in [0.2, 0.25) is 0 Å². The van der Waals surface area contributed by atoms with Gasteiger partial charge in [0.15, 0.2) is 11.5 Å². The molecule has 2 aliphatic rings. The number of amides is 2. The predicted molar refractivity (Wildman–Crippen MR) is 183 cm³/mol. The van der Waals surface area contributed by atoms with Crippen molar-refractivity contribution >= 4 is 17.6 Å². The highest BCUT2D eigenvalue weighted by molar-refractivity contribution is 6.43. The van der Waals surface area contributed by atoms with Crippen molar-refractivity contribution < 1.29 is 28.6 Å². The smallest absolute Gasteiger partial charge is 0.295 e. The first kappa shape index (κ1) is 32.8. The second kappa shape index (κ2) is 14.7. The van der Waals surface area contributed by atoms with Crippen LogP contribution in [0.3, 0.4) is 0 Å². The third-order valence-electron chi connectivity index (χ3n) is 9.48. The highest BCUT2D eigenvalue weighted by Gasteiger charge is 2.46. The van der Waals surface area contributed by atoms with Crippen LogP contribution in [0.1, 0.15) is 45.4 Å². The minimum absolute atomic E-state index is 0.0578. The zero-order valence-electron chi connectivity index (χ0n) is 27.6. The van der Waals surface area contributed by atoms with Crippen LogP contribution in [-0.4, -0.2) is 92.4 Å². The van der Waals surface area contributed by atoms with E-state index in [4.69, 9.17) is 14.2 Å². The molecule has 0 N–H and O–H groups in total. The number of carbonyl (C=O) groups excluding carboxylic acids is 3.